The minimum Gasteiger partial charge on any atom is -0.458 e. The van der Waals surface area contributed by atoms with Gasteiger partial charge in [0.1, 0.15) is 11.2 Å². The van der Waals surface area contributed by atoms with Crippen LogP contribution in [0.2, 0.25) is 0 Å². The molecular formula is C24H32N2O5. The first-order valence-corrected chi connectivity index (χ1v) is 11.8. The van der Waals surface area contributed by atoms with Gasteiger partial charge in [0.05, 0.1) is 6.10 Å². The number of esters is 1. The molecule has 7 nitrogen and oxygen atoms in total. The lowest BCUT2D eigenvalue weighted by Crippen LogP contribution is -2.66. The standard InChI is InChI=1S/C24H32N2O5/c1-21-7-4-14(27)10-13(21)11-16(26-20(29)25-3)19-15-5-8-23(9-6-18(28)31-23)22(15,2)12-17-24(19,21)30-17/h10,15-17,19H,4-9,11-12H2,1-3H3,(H2,25,26,29)/t15?,16-,17-,19?,21+,22+,23-,24-/m1/s1. The lowest BCUT2D eigenvalue weighted by molar-refractivity contribution is -0.165. The maximum Gasteiger partial charge on any atom is 0.314 e. The van der Waals surface area contributed by atoms with E-state index in [1.165, 1.54) is 0 Å². The zero-order valence-electron chi connectivity index (χ0n) is 18.6. The molecular weight excluding hydrogens is 396 g/mol. The van der Waals surface area contributed by atoms with E-state index in [0.29, 0.717) is 25.2 Å². The molecule has 8 atom stereocenters. The normalized spacial score (nSPS) is 51.8. The highest BCUT2D eigenvalue weighted by atomic mass is 16.6. The van der Waals surface area contributed by atoms with Crippen LogP contribution in [-0.2, 0) is 19.1 Å². The van der Waals surface area contributed by atoms with Gasteiger partial charge < -0.3 is 20.1 Å². The third-order valence-corrected chi connectivity index (χ3v) is 10.3. The van der Waals surface area contributed by atoms with Crippen LogP contribution < -0.4 is 10.6 Å². The highest BCUT2D eigenvalue weighted by Crippen LogP contribution is 2.77. The summed E-state index contributed by atoms with van der Waals surface area (Å²) in [7, 11) is 1.63. The van der Waals surface area contributed by atoms with E-state index in [2.05, 4.69) is 24.5 Å². The molecule has 168 valence electrons. The molecule has 2 aliphatic heterocycles. The van der Waals surface area contributed by atoms with Crippen molar-refractivity contribution in [3.05, 3.63) is 11.6 Å². The molecule has 3 saturated carbocycles. The predicted octanol–water partition coefficient (Wildman–Crippen LogP) is 2.63. The van der Waals surface area contributed by atoms with Gasteiger partial charge in [-0.25, -0.2) is 4.79 Å². The van der Waals surface area contributed by atoms with Gasteiger partial charge in [-0.05, 0) is 50.5 Å². The smallest absolute Gasteiger partial charge is 0.314 e. The van der Waals surface area contributed by atoms with Crippen molar-refractivity contribution in [1.82, 2.24) is 10.6 Å². The van der Waals surface area contributed by atoms with Gasteiger partial charge in [-0.2, -0.15) is 0 Å². The molecule has 6 rings (SSSR count). The zero-order chi connectivity index (χ0) is 21.8. The first-order valence-electron chi connectivity index (χ1n) is 11.8. The fraction of sp³-hybridized carbons (Fsp3) is 0.792. The molecule has 2 N–H and O–H groups in total. The summed E-state index contributed by atoms with van der Waals surface area (Å²) in [6, 6.07) is -0.303. The molecule has 2 amide bonds. The molecule has 6 aliphatic rings. The molecule has 31 heavy (non-hydrogen) atoms. The van der Waals surface area contributed by atoms with E-state index in [-0.39, 0.29) is 52.3 Å². The molecule has 2 spiro atoms. The van der Waals surface area contributed by atoms with Crippen molar-refractivity contribution < 1.29 is 23.9 Å². The number of fused-ring (bicyclic) bond motifs is 4. The number of ether oxygens (including phenoxy) is 2. The van der Waals surface area contributed by atoms with Gasteiger partial charge >= 0.3 is 12.0 Å². The Morgan fingerprint density at radius 2 is 1.97 bits per heavy atom. The third kappa shape index (κ3) is 2.21. The number of urea groups is 1. The molecule has 5 fully saturated rings. The maximum atomic E-state index is 12.4. The number of carbonyl (C=O) groups excluding carboxylic acids is 3. The quantitative estimate of drug-likeness (QED) is 0.494. The molecule has 0 aromatic heterocycles. The van der Waals surface area contributed by atoms with E-state index in [9.17, 15) is 14.4 Å². The summed E-state index contributed by atoms with van der Waals surface area (Å²) in [6.07, 6.45) is 7.98. The van der Waals surface area contributed by atoms with Crippen LogP contribution in [0.25, 0.3) is 0 Å². The fourth-order valence-electron chi connectivity index (χ4n) is 8.69. The van der Waals surface area contributed by atoms with Crippen LogP contribution >= 0.6 is 0 Å². The van der Waals surface area contributed by atoms with E-state index in [0.717, 1.165) is 37.7 Å². The number of nitrogens with one attached hydrogen (secondary N) is 2. The second-order valence-corrected chi connectivity index (χ2v) is 11.2. The van der Waals surface area contributed by atoms with E-state index in [1.54, 1.807) is 7.05 Å². The van der Waals surface area contributed by atoms with Crippen LogP contribution in [0.5, 0.6) is 0 Å². The molecule has 0 aromatic rings. The number of hydrogen-bond donors (Lipinski definition) is 2. The predicted molar refractivity (Wildman–Crippen MR) is 111 cm³/mol. The fourth-order valence-corrected chi connectivity index (χ4v) is 8.69. The summed E-state index contributed by atoms with van der Waals surface area (Å²) < 4.78 is 12.7. The lowest BCUT2D eigenvalue weighted by atomic mass is 9.45. The SMILES string of the molecule is CNC(=O)N[C@@H]1CC2=CC(=O)CC[C@]2(C)[C@@]23O[C@@H]2C[C@@]2(C)C(CC[C@@]24CCC(=O)O4)C13. The topological polar surface area (TPSA) is 97.0 Å². The minimum atomic E-state index is -0.399. The molecule has 4 aliphatic carbocycles. The molecule has 7 heteroatoms. The molecule has 0 radical (unpaired) electrons. The van der Waals surface area contributed by atoms with Crippen molar-refractivity contribution in [2.45, 2.75) is 88.6 Å². The van der Waals surface area contributed by atoms with Crippen LogP contribution in [0.4, 0.5) is 4.79 Å². The number of rotatable bonds is 1. The number of hydrogen-bond acceptors (Lipinski definition) is 5. The van der Waals surface area contributed by atoms with Crippen LogP contribution in [-0.4, -0.2) is 48.2 Å². The molecule has 0 aromatic carbocycles. The van der Waals surface area contributed by atoms with Crippen LogP contribution in [0, 0.1) is 22.7 Å². The van der Waals surface area contributed by atoms with Crippen molar-refractivity contribution in [1.29, 1.82) is 0 Å². The molecule has 0 bridgehead atoms. The largest absolute Gasteiger partial charge is 0.458 e. The number of amides is 2. The monoisotopic (exact) mass is 428 g/mol. The van der Waals surface area contributed by atoms with Crippen molar-refractivity contribution >= 4 is 17.8 Å². The zero-order valence-corrected chi connectivity index (χ0v) is 18.6. The number of carbonyl (C=O) groups is 3. The summed E-state index contributed by atoms with van der Waals surface area (Å²) in [5.41, 5.74) is 0.0541. The Hall–Kier alpha value is -1.89. The van der Waals surface area contributed by atoms with Gasteiger partial charge in [-0.3, -0.25) is 9.59 Å². The van der Waals surface area contributed by atoms with E-state index >= 15 is 0 Å². The molecule has 2 heterocycles. The van der Waals surface area contributed by atoms with E-state index < -0.39 is 5.60 Å². The third-order valence-electron chi connectivity index (χ3n) is 10.3. The van der Waals surface area contributed by atoms with Crippen molar-refractivity contribution in [3.63, 3.8) is 0 Å². The van der Waals surface area contributed by atoms with Gasteiger partial charge in [-0.1, -0.05) is 19.4 Å². The first-order chi connectivity index (χ1) is 14.7. The Morgan fingerprint density at radius 3 is 2.68 bits per heavy atom. The lowest BCUT2D eigenvalue weighted by Gasteiger charge is -2.59. The first kappa shape index (κ1) is 19.8. The van der Waals surface area contributed by atoms with Crippen molar-refractivity contribution in [3.8, 4) is 0 Å². The van der Waals surface area contributed by atoms with Crippen LogP contribution in [0.1, 0.15) is 65.2 Å². The Kier molecular flexibility index (Phi) is 3.77. The van der Waals surface area contributed by atoms with Gasteiger partial charge in [0.2, 0.25) is 0 Å². The Bertz CT molecular complexity index is 931. The maximum absolute atomic E-state index is 12.4. The van der Waals surface area contributed by atoms with E-state index in [4.69, 9.17) is 9.47 Å². The van der Waals surface area contributed by atoms with Crippen molar-refractivity contribution in [2.24, 2.45) is 22.7 Å². The van der Waals surface area contributed by atoms with Crippen LogP contribution in [0.3, 0.4) is 0 Å². The highest BCUT2D eigenvalue weighted by Gasteiger charge is 2.83. The highest BCUT2D eigenvalue weighted by molar-refractivity contribution is 5.92. The Balaban J connectivity index is 1.46. The Labute approximate surface area is 182 Å². The summed E-state index contributed by atoms with van der Waals surface area (Å²) in [5.74, 6) is 0.538. The van der Waals surface area contributed by atoms with Crippen molar-refractivity contribution in [2.75, 3.05) is 7.05 Å². The molecule has 2 unspecified atom stereocenters. The van der Waals surface area contributed by atoms with Gasteiger partial charge in [0, 0.05) is 42.7 Å². The number of epoxide rings is 1. The average molecular weight is 429 g/mol. The molecule has 2 saturated heterocycles. The summed E-state index contributed by atoms with van der Waals surface area (Å²) >= 11 is 0. The van der Waals surface area contributed by atoms with Gasteiger partial charge in [0.15, 0.2) is 5.78 Å². The van der Waals surface area contributed by atoms with Gasteiger partial charge in [0.25, 0.3) is 0 Å². The Morgan fingerprint density at radius 1 is 1.16 bits per heavy atom. The average Bonchev–Trinajstić information content (AvgIpc) is 3.21. The summed E-state index contributed by atoms with van der Waals surface area (Å²) in [6.45, 7) is 4.57. The second kappa shape index (κ2) is 5.91. The number of ketones is 1. The van der Waals surface area contributed by atoms with E-state index in [1.807, 2.05) is 6.08 Å². The van der Waals surface area contributed by atoms with Crippen LogP contribution in [0.15, 0.2) is 11.6 Å². The summed E-state index contributed by atoms with van der Waals surface area (Å²) in [4.78, 5) is 36.9. The van der Waals surface area contributed by atoms with Gasteiger partial charge in [-0.15, -0.1) is 0 Å². The minimum absolute atomic E-state index is 0.0731. The summed E-state index contributed by atoms with van der Waals surface area (Å²) in [5, 5.41) is 5.91. The second-order valence-electron chi connectivity index (χ2n) is 11.2.